The van der Waals surface area contributed by atoms with Crippen LogP contribution in [0.4, 0.5) is 0 Å². The first-order chi connectivity index (χ1) is 13.4. The number of aliphatic hydroxyl groups excluding tert-OH is 2. The average molecular weight is 401 g/mol. The average Bonchev–Trinajstić information content (AvgIpc) is 2.76. The van der Waals surface area contributed by atoms with Crippen LogP contribution in [0.3, 0.4) is 0 Å². The van der Waals surface area contributed by atoms with E-state index in [0.717, 1.165) is 23.1 Å². The molecule has 4 aliphatic rings. The second-order valence-electron chi connectivity index (χ2n) is 10.3. The molecular formula is C24H32O5. The van der Waals surface area contributed by atoms with Gasteiger partial charge in [0.1, 0.15) is 11.4 Å². The summed E-state index contributed by atoms with van der Waals surface area (Å²) in [6.45, 7) is 9.59. The highest BCUT2D eigenvalue weighted by Crippen LogP contribution is 2.66. The number of hydrogen-bond acceptors (Lipinski definition) is 5. The first-order valence-corrected chi connectivity index (χ1v) is 10.6. The molecule has 4 rings (SSSR count). The molecule has 3 aliphatic carbocycles. The van der Waals surface area contributed by atoms with Crippen LogP contribution in [-0.2, 0) is 14.3 Å². The van der Waals surface area contributed by atoms with Gasteiger partial charge in [0.15, 0.2) is 0 Å². The van der Waals surface area contributed by atoms with Crippen LogP contribution in [0, 0.1) is 22.7 Å². The van der Waals surface area contributed by atoms with E-state index in [1.165, 1.54) is 6.08 Å². The van der Waals surface area contributed by atoms with Gasteiger partial charge in [0.25, 0.3) is 0 Å². The van der Waals surface area contributed by atoms with Crippen LogP contribution in [0.25, 0.3) is 0 Å². The van der Waals surface area contributed by atoms with E-state index in [1.54, 1.807) is 6.92 Å². The molecule has 0 saturated heterocycles. The molecular weight excluding hydrogens is 368 g/mol. The fourth-order valence-electron chi connectivity index (χ4n) is 6.75. The third-order valence-corrected chi connectivity index (χ3v) is 8.55. The maximum Gasteiger partial charge on any atom is 0.331 e. The van der Waals surface area contributed by atoms with Crippen LogP contribution < -0.4 is 0 Å². The van der Waals surface area contributed by atoms with Crippen molar-refractivity contribution in [2.75, 3.05) is 0 Å². The maximum absolute atomic E-state index is 12.4. The Bertz CT molecular complexity index is 862. The number of Topliss-reactive ketones (excluding diaryl/α,β-unsaturated/α-hetero) is 1. The standard InChI is InChI=1S/C24H32O5/c1-13(25)18-11-20(27)24(5)17-8-7-16-14(6-9-21(28)29-22(16,2)3)10-15(17)19(26)12-23(18,24)4/h6,9-10,16,18-20,26-27H,7-8,11-12H2,1-5H3/t16-,18-,19+,20-,23-,24-/m1/s1. The van der Waals surface area contributed by atoms with Gasteiger partial charge >= 0.3 is 5.97 Å². The normalized spacial score (nSPS) is 43.4. The number of allylic oxidation sites excluding steroid dienone is 1. The molecule has 0 amide bonds. The number of ketones is 1. The number of rotatable bonds is 1. The van der Waals surface area contributed by atoms with Crippen LogP contribution in [0.15, 0.2) is 34.9 Å². The Hall–Kier alpha value is -1.72. The van der Waals surface area contributed by atoms with Gasteiger partial charge in [0.2, 0.25) is 0 Å². The number of aliphatic hydroxyl groups is 2. The van der Waals surface area contributed by atoms with Gasteiger partial charge in [-0.05, 0) is 63.0 Å². The van der Waals surface area contributed by atoms with Crippen LogP contribution in [0.2, 0.25) is 0 Å². The molecule has 5 nitrogen and oxygen atoms in total. The zero-order valence-electron chi connectivity index (χ0n) is 18.0. The van der Waals surface area contributed by atoms with E-state index in [4.69, 9.17) is 4.74 Å². The molecule has 0 aromatic rings. The van der Waals surface area contributed by atoms with Crippen LogP contribution in [0.1, 0.15) is 60.3 Å². The van der Waals surface area contributed by atoms with Crippen LogP contribution in [-0.4, -0.2) is 39.8 Å². The van der Waals surface area contributed by atoms with Gasteiger partial charge in [0.05, 0.1) is 12.2 Å². The third kappa shape index (κ3) is 2.73. The first kappa shape index (κ1) is 20.5. The van der Waals surface area contributed by atoms with Crippen molar-refractivity contribution in [3.63, 3.8) is 0 Å². The number of esters is 1. The summed E-state index contributed by atoms with van der Waals surface area (Å²) in [5.74, 6) is -0.526. The van der Waals surface area contributed by atoms with Gasteiger partial charge in [-0.25, -0.2) is 4.79 Å². The number of carbonyl (C=O) groups is 2. The smallest absolute Gasteiger partial charge is 0.331 e. The lowest BCUT2D eigenvalue weighted by molar-refractivity contribution is -0.153. The van der Waals surface area contributed by atoms with Crippen LogP contribution >= 0.6 is 0 Å². The predicted molar refractivity (Wildman–Crippen MR) is 109 cm³/mol. The van der Waals surface area contributed by atoms with Crippen LogP contribution in [0.5, 0.6) is 0 Å². The lowest BCUT2D eigenvalue weighted by Gasteiger charge is -2.52. The molecule has 0 spiro atoms. The Morgan fingerprint density at radius 3 is 2.52 bits per heavy atom. The number of ether oxygens (including phenoxy) is 1. The molecule has 1 fully saturated rings. The highest BCUT2D eigenvalue weighted by atomic mass is 16.6. The minimum Gasteiger partial charge on any atom is -0.456 e. The van der Waals surface area contributed by atoms with Gasteiger partial charge in [-0.15, -0.1) is 0 Å². The van der Waals surface area contributed by atoms with E-state index < -0.39 is 28.6 Å². The summed E-state index contributed by atoms with van der Waals surface area (Å²) in [6.07, 6.45) is 6.29. The first-order valence-electron chi connectivity index (χ1n) is 10.6. The maximum atomic E-state index is 12.4. The van der Waals surface area contributed by atoms with E-state index in [2.05, 4.69) is 13.8 Å². The number of fused-ring (bicyclic) bond motifs is 3. The summed E-state index contributed by atoms with van der Waals surface area (Å²) in [4.78, 5) is 24.4. The highest BCUT2D eigenvalue weighted by Gasteiger charge is 2.65. The minimum atomic E-state index is -0.696. The SMILES string of the molecule is CC(=O)[C@H]1C[C@@H](O)[C@@]2(C)C3=C(C=C4C=CC(=O)OC(C)(C)[C@@H]4CC3)[C@@H](O)C[C@]12C. The van der Waals surface area contributed by atoms with E-state index in [1.807, 2.05) is 26.0 Å². The lowest BCUT2D eigenvalue weighted by Crippen LogP contribution is -2.50. The van der Waals surface area contributed by atoms with Gasteiger partial charge in [-0.3, -0.25) is 4.79 Å². The number of cyclic esters (lactones) is 1. The number of carbonyl (C=O) groups excluding carboxylic acids is 2. The molecule has 1 heterocycles. The second kappa shape index (κ2) is 6.39. The fourth-order valence-corrected chi connectivity index (χ4v) is 6.75. The Balaban J connectivity index is 1.87. The zero-order chi connectivity index (χ0) is 21.4. The molecule has 5 heteroatoms. The fraction of sp³-hybridized carbons (Fsp3) is 0.667. The van der Waals surface area contributed by atoms with Crippen molar-refractivity contribution in [1.82, 2.24) is 0 Å². The minimum absolute atomic E-state index is 0.00000562. The van der Waals surface area contributed by atoms with Crippen molar-refractivity contribution in [1.29, 1.82) is 0 Å². The molecule has 158 valence electrons. The van der Waals surface area contributed by atoms with Gasteiger partial charge in [-0.2, -0.15) is 0 Å². The molecule has 0 bridgehead atoms. The molecule has 0 unspecified atom stereocenters. The molecule has 0 radical (unpaired) electrons. The Morgan fingerprint density at radius 1 is 1.17 bits per heavy atom. The molecule has 2 N–H and O–H groups in total. The summed E-state index contributed by atoms with van der Waals surface area (Å²) < 4.78 is 5.66. The van der Waals surface area contributed by atoms with Crippen molar-refractivity contribution in [3.05, 3.63) is 34.9 Å². The third-order valence-electron chi connectivity index (χ3n) is 8.55. The summed E-state index contributed by atoms with van der Waals surface area (Å²) >= 11 is 0. The Morgan fingerprint density at radius 2 is 1.86 bits per heavy atom. The summed E-state index contributed by atoms with van der Waals surface area (Å²) in [5.41, 5.74) is 1.17. The van der Waals surface area contributed by atoms with Gasteiger partial charge in [0, 0.05) is 23.3 Å². The molecule has 29 heavy (non-hydrogen) atoms. The van der Waals surface area contributed by atoms with Crippen molar-refractivity contribution in [3.8, 4) is 0 Å². The van der Waals surface area contributed by atoms with Crippen molar-refractivity contribution in [2.45, 2.75) is 78.1 Å². The van der Waals surface area contributed by atoms with E-state index in [9.17, 15) is 19.8 Å². The summed E-state index contributed by atoms with van der Waals surface area (Å²) in [7, 11) is 0. The number of hydrogen-bond donors (Lipinski definition) is 2. The van der Waals surface area contributed by atoms with E-state index >= 15 is 0 Å². The van der Waals surface area contributed by atoms with Crippen molar-refractivity contribution < 1.29 is 24.5 Å². The topological polar surface area (TPSA) is 83.8 Å². The molecule has 0 aromatic carbocycles. The molecule has 1 aliphatic heterocycles. The molecule has 6 atom stereocenters. The van der Waals surface area contributed by atoms with Gasteiger partial charge < -0.3 is 14.9 Å². The molecule has 0 aromatic heterocycles. The highest BCUT2D eigenvalue weighted by molar-refractivity contribution is 5.84. The Labute approximate surface area is 172 Å². The monoisotopic (exact) mass is 400 g/mol. The van der Waals surface area contributed by atoms with Crippen molar-refractivity contribution >= 4 is 11.8 Å². The predicted octanol–water partition coefficient (Wildman–Crippen LogP) is 3.26. The second-order valence-corrected chi connectivity index (χ2v) is 10.3. The zero-order valence-corrected chi connectivity index (χ0v) is 18.0. The quantitative estimate of drug-likeness (QED) is 0.660. The molecule has 1 saturated carbocycles. The summed E-state index contributed by atoms with van der Waals surface area (Å²) in [5, 5.41) is 22.3. The largest absolute Gasteiger partial charge is 0.456 e. The van der Waals surface area contributed by atoms with Gasteiger partial charge in [-0.1, -0.05) is 31.6 Å². The Kier molecular flexibility index (Phi) is 4.53. The van der Waals surface area contributed by atoms with E-state index in [0.29, 0.717) is 19.3 Å². The summed E-state index contributed by atoms with van der Waals surface area (Å²) in [6, 6.07) is 0. The lowest BCUT2D eigenvalue weighted by atomic mass is 9.53. The van der Waals surface area contributed by atoms with E-state index in [-0.39, 0.29) is 23.6 Å². The van der Waals surface area contributed by atoms with Crippen molar-refractivity contribution in [2.24, 2.45) is 22.7 Å².